The van der Waals surface area contributed by atoms with E-state index < -0.39 is 5.60 Å². The van der Waals surface area contributed by atoms with Crippen LogP contribution < -0.4 is 5.32 Å². The van der Waals surface area contributed by atoms with Gasteiger partial charge in [0.2, 0.25) is 5.91 Å². The molecular weight excluding hydrogens is 330 g/mol. The highest BCUT2D eigenvalue weighted by atomic mass is 16.6. The van der Waals surface area contributed by atoms with Crippen LogP contribution in [-0.2, 0) is 27.3 Å². The number of amides is 1. The Kier molecular flexibility index (Phi) is 4.53. The number of aryl methyl sites for hydroxylation is 1. The predicted molar refractivity (Wildman–Crippen MR) is 96.3 cm³/mol. The Morgan fingerprint density at radius 3 is 2.77 bits per heavy atom. The molecule has 1 N–H and O–H groups in total. The van der Waals surface area contributed by atoms with E-state index in [0.29, 0.717) is 6.54 Å². The molecule has 26 heavy (non-hydrogen) atoms. The molecule has 1 aromatic rings. The van der Waals surface area contributed by atoms with E-state index in [1.165, 1.54) is 6.42 Å². The van der Waals surface area contributed by atoms with Crippen molar-refractivity contribution in [2.24, 2.45) is 11.3 Å². The summed E-state index contributed by atoms with van der Waals surface area (Å²) in [5.74, 6) is 0.577. The molecular formula is C20H29N3O3. The fourth-order valence-corrected chi connectivity index (χ4v) is 4.75. The highest BCUT2D eigenvalue weighted by Crippen LogP contribution is 2.48. The van der Waals surface area contributed by atoms with Crippen molar-refractivity contribution in [3.8, 4) is 0 Å². The number of aromatic nitrogens is 2. The van der Waals surface area contributed by atoms with E-state index in [1.807, 2.05) is 12.4 Å². The van der Waals surface area contributed by atoms with E-state index in [0.717, 1.165) is 57.3 Å². The summed E-state index contributed by atoms with van der Waals surface area (Å²) >= 11 is 0. The predicted octanol–water partition coefficient (Wildman–Crippen LogP) is 2.61. The fourth-order valence-electron chi connectivity index (χ4n) is 4.75. The van der Waals surface area contributed by atoms with E-state index in [1.54, 1.807) is 0 Å². The Labute approximate surface area is 154 Å². The van der Waals surface area contributed by atoms with Crippen LogP contribution in [0.15, 0.2) is 12.4 Å². The van der Waals surface area contributed by atoms with E-state index in [-0.39, 0.29) is 29.6 Å². The topological polar surface area (TPSA) is 73.2 Å². The molecule has 1 aliphatic heterocycles. The summed E-state index contributed by atoms with van der Waals surface area (Å²) in [4.78, 5) is 29.2. The van der Waals surface area contributed by atoms with Crippen molar-refractivity contribution in [3.63, 3.8) is 0 Å². The maximum atomic E-state index is 12.9. The minimum atomic E-state index is -0.532. The highest BCUT2D eigenvalue weighted by Gasteiger charge is 2.53. The third-order valence-corrected chi connectivity index (χ3v) is 6.56. The molecule has 2 heterocycles. The van der Waals surface area contributed by atoms with Gasteiger partial charge in [-0.05, 0) is 38.5 Å². The lowest BCUT2D eigenvalue weighted by molar-refractivity contribution is -0.153. The molecule has 0 aromatic carbocycles. The molecule has 1 saturated heterocycles. The zero-order chi connectivity index (χ0) is 18.2. The van der Waals surface area contributed by atoms with Gasteiger partial charge in [0.1, 0.15) is 11.4 Å². The van der Waals surface area contributed by atoms with E-state index in [2.05, 4.69) is 21.8 Å². The van der Waals surface area contributed by atoms with Gasteiger partial charge in [0, 0.05) is 37.3 Å². The fraction of sp³-hybridized carbons (Fsp3) is 0.750. The summed E-state index contributed by atoms with van der Waals surface area (Å²) in [5.41, 5.74) is -0.390. The normalized spacial score (nSPS) is 25.9. The monoisotopic (exact) mass is 359 g/mol. The maximum Gasteiger partial charge on any atom is 0.307 e. The third kappa shape index (κ3) is 3.26. The minimum absolute atomic E-state index is 0.00497. The zero-order valence-corrected chi connectivity index (χ0v) is 15.6. The number of hydrogen-bond acceptors (Lipinski definition) is 4. The number of imidazole rings is 1. The molecule has 1 amide bonds. The van der Waals surface area contributed by atoms with Gasteiger partial charge >= 0.3 is 5.97 Å². The van der Waals surface area contributed by atoms with Crippen LogP contribution in [0.25, 0.3) is 0 Å². The first-order chi connectivity index (χ1) is 12.6. The van der Waals surface area contributed by atoms with Gasteiger partial charge in [0.15, 0.2) is 0 Å². The largest absolute Gasteiger partial charge is 0.458 e. The Hall–Kier alpha value is -1.85. The minimum Gasteiger partial charge on any atom is -0.458 e. The summed E-state index contributed by atoms with van der Waals surface area (Å²) < 4.78 is 7.89. The van der Waals surface area contributed by atoms with Crippen LogP contribution in [0.2, 0.25) is 0 Å². The molecule has 3 aliphatic rings. The Morgan fingerprint density at radius 2 is 2.08 bits per heavy atom. The summed E-state index contributed by atoms with van der Waals surface area (Å²) in [6, 6.07) is 0. The number of ether oxygens (including phenoxy) is 1. The summed E-state index contributed by atoms with van der Waals surface area (Å²) in [7, 11) is 0. The van der Waals surface area contributed by atoms with E-state index in [4.69, 9.17) is 4.74 Å². The third-order valence-electron chi connectivity index (χ3n) is 6.56. The quantitative estimate of drug-likeness (QED) is 0.793. The van der Waals surface area contributed by atoms with E-state index in [9.17, 15) is 9.59 Å². The molecule has 3 fully saturated rings. The summed E-state index contributed by atoms with van der Waals surface area (Å²) in [6.07, 6.45) is 12.2. The van der Waals surface area contributed by atoms with Gasteiger partial charge in [-0.3, -0.25) is 9.59 Å². The second kappa shape index (κ2) is 6.71. The highest BCUT2D eigenvalue weighted by molar-refractivity contribution is 5.87. The summed E-state index contributed by atoms with van der Waals surface area (Å²) in [5, 5.41) is 3.16. The first-order valence-electron chi connectivity index (χ1n) is 10.1. The second-order valence-electron chi connectivity index (χ2n) is 8.40. The molecule has 4 rings (SSSR count). The van der Waals surface area contributed by atoms with Crippen LogP contribution in [0, 0.1) is 11.3 Å². The Balaban J connectivity index is 1.38. The zero-order valence-electron chi connectivity index (χ0n) is 15.6. The lowest BCUT2D eigenvalue weighted by Crippen LogP contribution is -2.47. The molecule has 1 spiro atoms. The molecule has 2 saturated carbocycles. The van der Waals surface area contributed by atoms with Gasteiger partial charge in [-0.25, -0.2) is 4.98 Å². The van der Waals surface area contributed by atoms with Gasteiger partial charge in [-0.15, -0.1) is 0 Å². The van der Waals surface area contributed by atoms with Gasteiger partial charge in [0.25, 0.3) is 0 Å². The molecule has 6 heteroatoms. The van der Waals surface area contributed by atoms with Crippen molar-refractivity contribution in [2.75, 3.05) is 6.54 Å². The number of nitrogens with zero attached hydrogens (tertiary/aromatic N) is 2. The Morgan fingerprint density at radius 1 is 1.31 bits per heavy atom. The molecule has 1 aromatic heterocycles. The molecule has 142 valence electrons. The molecule has 1 unspecified atom stereocenters. The van der Waals surface area contributed by atoms with Gasteiger partial charge in [-0.2, -0.15) is 0 Å². The lowest BCUT2D eigenvalue weighted by atomic mass is 9.75. The number of carbonyl (C=O) groups is 2. The lowest BCUT2D eigenvalue weighted by Gasteiger charge is -2.36. The number of carbonyl (C=O) groups excluding carboxylic acids is 2. The van der Waals surface area contributed by atoms with Crippen molar-refractivity contribution in [1.29, 1.82) is 0 Å². The van der Waals surface area contributed by atoms with Gasteiger partial charge in [0.05, 0.1) is 12.3 Å². The molecule has 0 bridgehead atoms. The van der Waals surface area contributed by atoms with Crippen molar-refractivity contribution < 1.29 is 14.3 Å². The first kappa shape index (κ1) is 17.6. The van der Waals surface area contributed by atoms with Crippen molar-refractivity contribution >= 4 is 11.9 Å². The Bertz CT molecular complexity index is 686. The number of rotatable bonds is 6. The van der Waals surface area contributed by atoms with E-state index >= 15 is 0 Å². The number of nitrogens with one attached hydrogen (secondary N) is 1. The average molecular weight is 359 g/mol. The molecule has 2 aliphatic carbocycles. The van der Waals surface area contributed by atoms with Crippen molar-refractivity contribution in [1.82, 2.24) is 14.9 Å². The molecule has 6 nitrogen and oxygen atoms in total. The number of hydrogen-bond donors (Lipinski definition) is 1. The van der Waals surface area contributed by atoms with Crippen LogP contribution in [0.4, 0.5) is 0 Å². The van der Waals surface area contributed by atoms with Crippen LogP contribution in [0.5, 0.6) is 0 Å². The van der Waals surface area contributed by atoms with Gasteiger partial charge < -0.3 is 14.6 Å². The SMILES string of the molecule is CCc1nccn1CC1(CNC(=O)C2CC(=O)OC23CCCCC3)CC1. The average Bonchev–Trinajstić information content (AvgIpc) is 3.13. The van der Waals surface area contributed by atoms with Gasteiger partial charge in [-0.1, -0.05) is 13.3 Å². The van der Waals surface area contributed by atoms with Crippen molar-refractivity contribution in [2.45, 2.75) is 76.9 Å². The van der Waals surface area contributed by atoms with Crippen LogP contribution in [0.3, 0.4) is 0 Å². The summed E-state index contributed by atoms with van der Waals surface area (Å²) in [6.45, 7) is 3.69. The first-order valence-corrected chi connectivity index (χ1v) is 10.1. The number of esters is 1. The van der Waals surface area contributed by atoms with Crippen molar-refractivity contribution in [3.05, 3.63) is 18.2 Å². The standard InChI is InChI=1S/C20H29N3O3/c1-2-16-21-10-11-23(16)14-19(8-9-19)13-22-18(25)15-12-17(24)26-20(15)6-4-3-5-7-20/h10-11,15H,2-9,12-14H2,1H3,(H,22,25). The van der Waals surface area contributed by atoms with Crippen LogP contribution in [0.1, 0.15) is 64.1 Å². The van der Waals surface area contributed by atoms with Crippen LogP contribution in [-0.4, -0.2) is 33.6 Å². The van der Waals surface area contributed by atoms with Crippen LogP contribution >= 0.6 is 0 Å². The smallest absolute Gasteiger partial charge is 0.307 e. The maximum absolute atomic E-state index is 12.9. The molecule has 0 radical (unpaired) electrons. The molecule has 1 atom stereocenters. The second-order valence-corrected chi connectivity index (χ2v) is 8.40.